The number of sulfonamides is 1. The van der Waals surface area contributed by atoms with Gasteiger partial charge in [0.25, 0.3) is 5.91 Å². The zero-order valence-electron chi connectivity index (χ0n) is 17.3. The molecule has 8 heteroatoms. The van der Waals surface area contributed by atoms with Crippen LogP contribution in [-0.2, 0) is 21.4 Å². The van der Waals surface area contributed by atoms with Crippen LogP contribution in [0.25, 0.3) is 0 Å². The van der Waals surface area contributed by atoms with Gasteiger partial charge in [-0.3, -0.25) is 4.79 Å². The number of carbonyl (C=O) groups is 1. The van der Waals surface area contributed by atoms with Gasteiger partial charge in [0.05, 0.1) is 18.2 Å². The molecule has 1 fully saturated rings. The smallest absolute Gasteiger partial charge is 0.277 e. The number of benzene rings is 1. The van der Waals surface area contributed by atoms with Crippen LogP contribution >= 0.6 is 0 Å². The van der Waals surface area contributed by atoms with Crippen molar-refractivity contribution in [1.82, 2.24) is 9.21 Å². The van der Waals surface area contributed by atoms with Gasteiger partial charge in [0, 0.05) is 26.2 Å². The van der Waals surface area contributed by atoms with E-state index in [0.717, 1.165) is 16.2 Å². The molecule has 0 aliphatic carbocycles. The summed E-state index contributed by atoms with van der Waals surface area (Å²) in [5.74, 6) is 1.23. The first-order chi connectivity index (χ1) is 13.8. The van der Waals surface area contributed by atoms with E-state index >= 15 is 0 Å². The Morgan fingerprint density at radius 2 is 1.76 bits per heavy atom. The zero-order valence-corrected chi connectivity index (χ0v) is 18.1. The molecule has 158 valence electrons. The van der Waals surface area contributed by atoms with Crippen molar-refractivity contribution < 1.29 is 22.5 Å². The van der Waals surface area contributed by atoms with E-state index in [1.807, 2.05) is 31.3 Å². The van der Waals surface area contributed by atoms with Crippen molar-refractivity contribution in [1.29, 1.82) is 0 Å². The second kappa shape index (κ2) is 9.11. The van der Waals surface area contributed by atoms with Gasteiger partial charge in [-0.15, -0.1) is 0 Å². The minimum absolute atomic E-state index is 0.0346. The van der Waals surface area contributed by atoms with E-state index in [1.54, 1.807) is 23.3 Å². The fraction of sp³-hybridized carbons (Fsp3) is 0.476. The van der Waals surface area contributed by atoms with Crippen LogP contribution in [0.3, 0.4) is 0 Å². The van der Waals surface area contributed by atoms with Gasteiger partial charge in [0.2, 0.25) is 10.0 Å². The second-order valence-corrected chi connectivity index (χ2v) is 9.84. The van der Waals surface area contributed by atoms with E-state index in [1.165, 1.54) is 4.31 Å². The summed E-state index contributed by atoms with van der Waals surface area (Å²) >= 11 is 0. The summed E-state index contributed by atoms with van der Waals surface area (Å²) < 4.78 is 32.6. The molecule has 1 aliphatic rings. The third-order valence-electron chi connectivity index (χ3n) is 5.28. The van der Waals surface area contributed by atoms with Crippen molar-refractivity contribution in [2.45, 2.75) is 31.2 Å². The number of amides is 1. The first-order valence-electron chi connectivity index (χ1n) is 9.99. The lowest BCUT2D eigenvalue weighted by molar-refractivity contribution is -0.886. The fourth-order valence-electron chi connectivity index (χ4n) is 3.49. The zero-order chi connectivity index (χ0) is 21.0. The van der Waals surface area contributed by atoms with Gasteiger partial charge in [-0.25, -0.2) is 8.42 Å². The van der Waals surface area contributed by atoms with Gasteiger partial charge in [0.15, 0.2) is 12.3 Å². The Bertz CT molecular complexity index is 900. The van der Waals surface area contributed by atoms with E-state index in [-0.39, 0.29) is 5.91 Å². The van der Waals surface area contributed by atoms with Crippen LogP contribution in [0.4, 0.5) is 0 Å². The molecule has 1 atom stereocenters. The average Bonchev–Trinajstić information content (AvgIpc) is 3.21. The summed E-state index contributed by atoms with van der Waals surface area (Å²) in [5, 5.41) is 0. The summed E-state index contributed by atoms with van der Waals surface area (Å²) in [4.78, 5) is 15.7. The molecular weight excluding hydrogens is 390 g/mol. The minimum atomic E-state index is -3.53. The number of piperazine rings is 1. The molecule has 2 aromatic rings. The number of likely N-dealkylation sites (N-methyl/N-ethyl adjacent to an activating group) is 1. The largest absolute Gasteiger partial charge is 0.463 e. The molecule has 3 rings (SSSR count). The van der Waals surface area contributed by atoms with Crippen molar-refractivity contribution in [2.75, 3.05) is 39.8 Å². The third-order valence-corrected chi connectivity index (χ3v) is 7.20. The minimum Gasteiger partial charge on any atom is -0.463 e. The van der Waals surface area contributed by atoms with Crippen LogP contribution in [0.15, 0.2) is 52.0 Å². The van der Waals surface area contributed by atoms with Crippen molar-refractivity contribution in [3.8, 4) is 0 Å². The topological polar surface area (TPSA) is 75.3 Å². The summed E-state index contributed by atoms with van der Waals surface area (Å²) in [6, 6.07) is 10.8. The van der Waals surface area contributed by atoms with E-state index in [2.05, 4.69) is 13.8 Å². The Morgan fingerprint density at radius 3 is 2.31 bits per heavy atom. The van der Waals surface area contributed by atoms with Crippen LogP contribution in [-0.4, -0.2) is 63.3 Å². The van der Waals surface area contributed by atoms with Crippen molar-refractivity contribution in [3.05, 3.63) is 54.0 Å². The molecule has 1 amide bonds. The van der Waals surface area contributed by atoms with Gasteiger partial charge >= 0.3 is 0 Å². The monoisotopic (exact) mass is 420 g/mol. The molecule has 1 unspecified atom stereocenters. The van der Waals surface area contributed by atoms with E-state index < -0.39 is 10.0 Å². The molecular formula is C21H30N3O4S+. The molecule has 0 radical (unpaired) electrons. The predicted octanol–water partition coefficient (Wildman–Crippen LogP) is 0.951. The number of hydrogen-bond donors (Lipinski definition) is 1. The van der Waals surface area contributed by atoms with Gasteiger partial charge in [-0.1, -0.05) is 26.0 Å². The highest BCUT2D eigenvalue weighted by molar-refractivity contribution is 7.89. The summed E-state index contributed by atoms with van der Waals surface area (Å²) in [6.45, 7) is 6.60. The number of nitrogens with one attached hydrogen (secondary N) is 1. The lowest BCUT2D eigenvalue weighted by atomic mass is 10.0. The standard InChI is InChI=1S/C21H29N3O4S/c1-17(2)18-6-8-20(9-7-18)29(26,27)24-12-10-23(11-13-24)21(25)16-22(3)15-19-5-4-14-28-19/h4-9,14,17H,10-13,15-16H2,1-3H3/p+1. The quantitative estimate of drug-likeness (QED) is 0.724. The maximum Gasteiger partial charge on any atom is 0.277 e. The van der Waals surface area contributed by atoms with Crippen LogP contribution in [0, 0.1) is 0 Å². The third kappa shape index (κ3) is 5.26. The normalized spacial score (nSPS) is 16.9. The summed E-state index contributed by atoms with van der Waals surface area (Å²) in [5.41, 5.74) is 1.11. The molecule has 1 aliphatic heterocycles. The molecule has 0 spiro atoms. The maximum atomic E-state index is 12.9. The van der Waals surface area contributed by atoms with Gasteiger partial charge in [-0.2, -0.15) is 4.31 Å². The first-order valence-corrected chi connectivity index (χ1v) is 11.4. The average molecular weight is 421 g/mol. The fourth-order valence-corrected chi connectivity index (χ4v) is 4.92. The molecule has 29 heavy (non-hydrogen) atoms. The number of furan rings is 1. The SMILES string of the molecule is CC(C)c1ccc(S(=O)(=O)N2CCN(C(=O)C[NH+](C)Cc3ccco3)CC2)cc1. The summed E-state index contributed by atoms with van der Waals surface area (Å²) in [6.07, 6.45) is 1.63. The molecule has 1 aromatic carbocycles. The lowest BCUT2D eigenvalue weighted by Crippen LogP contribution is -3.08. The highest BCUT2D eigenvalue weighted by Crippen LogP contribution is 2.21. The molecule has 7 nitrogen and oxygen atoms in total. The Balaban J connectivity index is 1.54. The molecule has 2 heterocycles. The molecule has 0 bridgehead atoms. The van der Waals surface area contributed by atoms with E-state index in [0.29, 0.717) is 50.1 Å². The molecule has 0 saturated carbocycles. The Labute approximate surface area is 172 Å². The highest BCUT2D eigenvalue weighted by Gasteiger charge is 2.31. The Hall–Kier alpha value is -2.16. The van der Waals surface area contributed by atoms with Gasteiger partial charge in [-0.05, 0) is 35.7 Å². The van der Waals surface area contributed by atoms with Crippen molar-refractivity contribution in [3.63, 3.8) is 0 Å². The predicted molar refractivity (Wildman–Crippen MR) is 110 cm³/mol. The van der Waals surface area contributed by atoms with Crippen molar-refractivity contribution in [2.24, 2.45) is 0 Å². The van der Waals surface area contributed by atoms with Crippen LogP contribution in [0.2, 0.25) is 0 Å². The maximum absolute atomic E-state index is 12.9. The first kappa shape index (κ1) is 21.5. The van der Waals surface area contributed by atoms with Gasteiger partial charge < -0.3 is 14.2 Å². The van der Waals surface area contributed by atoms with Crippen LogP contribution < -0.4 is 4.90 Å². The van der Waals surface area contributed by atoms with E-state index in [9.17, 15) is 13.2 Å². The molecule has 1 saturated heterocycles. The number of hydrogen-bond acceptors (Lipinski definition) is 4. The number of rotatable bonds is 7. The van der Waals surface area contributed by atoms with Crippen LogP contribution in [0.5, 0.6) is 0 Å². The van der Waals surface area contributed by atoms with Gasteiger partial charge in [0.1, 0.15) is 6.54 Å². The number of nitrogens with zero attached hydrogens (tertiary/aromatic N) is 2. The molecule has 1 N–H and O–H groups in total. The highest BCUT2D eigenvalue weighted by atomic mass is 32.2. The van der Waals surface area contributed by atoms with Crippen molar-refractivity contribution >= 4 is 15.9 Å². The Morgan fingerprint density at radius 1 is 1.10 bits per heavy atom. The van der Waals surface area contributed by atoms with Crippen LogP contribution in [0.1, 0.15) is 31.1 Å². The summed E-state index contributed by atoms with van der Waals surface area (Å²) in [7, 11) is -1.59. The second-order valence-electron chi connectivity index (χ2n) is 7.90. The Kier molecular flexibility index (Phi) is 6.77. The van der Waals surface area contributed by atoms with E-state index in [4.69, 9.17) is 4.42 Å². The number of carbonyl (C=O) groups excluding carboxylic acids is 1. The lowest BCUT2D eigenvalue weighted by Gasteiger charge is -2.34. The molecule has 1 aromatic heterocycles. The number of quaternary nitrogens is 1.